The first-order valence-electron chi connectivity index (χ1n) is 6.81. The lowest BCUT2D eigenvalue weighted by atomic mass is 10.2. The van der Waals surface area contributed by atoms with Crippen LogP contribution in [0, 0.1) is 5.82 Å². The molecule has 0 saturated heterocycles. The second kappa shape index (κ2) is 7.28. The van der Waals surface area contributed by atoms with Crippen LogP contribution in [-0.2, 0) is 0 Å². The molecule has 2 N–H and O–H groups in total. The normalized spacial score (nSPS) is 10.9. The van der Waals surface area contributed by atoms with E-state index in [2.05, 4.69) is 17.1 Å². The lowest BCUT2D eigenvalue weighted by Crippen LogP contribution is -2.11. The number of nitrogens with two attached hydrogens (primary N) is 1. The Morgan fingerprint density at radius 2 is 1.90 bits per heavy atom. The summed E-state index contributed by atoms with van der Waals surface area (Å²) in [4.78, 5) is 0. The lowest BCUT2D eigenvalue weighted by Gasteiger charge is -2.03. The highest BCUT2D eigenvalue weighted by atomic mass is 32.2. The summed E-state index contributed by atoms with van der Waals surface area (Å²) in [6.07, 6.45) is 4.87. The van der Waals surface area contributed by atoms with Gasteiger partial charge in [0, 0.05) is 11.3 Å². The van der Waals surface area contributed by atoms with E-state index in [1.165, 1.54) is 36.1 Å². The van der Waals surface area contributed by atoms with Crippen molar-refractivity contribution in [3.8, 4) is 11.4 Å². The number of nitrogen functional groups attached to an aromatic ring is 1. The van der Waals surface area contributed by atoms with Gasteiger partial charge in [0.25, 0.3) is 0 Å². The molecule has 0 bridgehead atoms. The molecule has 0 amide bonds. The Labute approximate surface area is 122 Å². The summed E-state index contributed by atoms with van der Waals surface area (Å²) in [6, 6.07) is 6.08. The average Bonchev–Trinajstić information content (AvgIpc) is 2.81. The third kappa shape index (κ3) is 3.72. The predicted molar refractivity (Wildman–Crippen MR) is 80.4 cm³/mol. The monoisotopic (exact) mass is 294 g/mol. The van der Waals surface area contributed by atoms with Crippen molar-refractivity contribution < 1.29 is 4.39 Å². The predicted octanol–water partition coefficient (Wildman–Crippen LogP) is 3.47. The Morgan fingerprint density at radius 3 is 2.60 bits per heavy atom. The molecule has 0 unspecified atom stereocenters. The van der Waals surface area contributed by atoms with Gasteiger partial charge in [-0.25, -0.2) is 9.07 Å². The summed E-state index contributed by atoms with van der Waals surface area (Å²) in [7, 11) is 0. The van der Waals surface area contributed by atoms with Gasteiger partial charge in [-0.3, -0.25) is 0 Å². The smallest absolute Gasteiger partial charge is 0.210 e. The molecule has 0 aliphatic heterocycles. The lowest BCUT2D eigenvalue weighted by molar-refractivity contribution is 0.628. The van der Waals surface area contributed by atoms with Gasteiger partial charge >= 0.3 is 0 Å². The Balaban J connectivity index is 1.98. The summed E-state index contributed by atoms with van der Waals surface area (Å²) in [5.41, 5.74) is 0.763. The first-order chi connectivity index (χ1) is 9.72. The molecule has 2 rings (SSSR count). The van der Waals surface area contributed by atoms with Crippen molar-refractivity contribution in [2.24, 2.45) is 0 Å². The number of unbranched alkanes of at least 4 members (excludes halogenated alkanes) is 3. The van der Waals surface area contributed by atoms with Crippen LogP contribution in [0.2, 0.25) is 0 Å². The zero-order chi connectivity index (χ0) is 14.4. The third-order valence-corrected chi connectivity index (χ3v) is 4.03. The molecule has 0 atom stereocenters. The van der Waals surface area contributed by atoms with Gasteiger partial charge in [0.1, 0.15) is 5.82 Å². The first-order valence-corrected chi connectivity index (χ1v) is 7.80. The van der Waals surface area contributed by atoms with Gasteiger partial charge in [0.2, 0.25) is 5.16 Å². The van der Waals surface area contributed by atoms with Crippen LogP contribution in [0.1, 0.15) is 32.6 Å². The second-order valence-electron chi connectivity index (χ2n) is 4.59. The van der Waals surface area contributed by atoms with Crippen LogP contribution in [0.4, 0.5) is 4.39 Å². The van der Waals surface area contributed by atoms with Crippen molar-refractivity contribution in [2.45, 2.75) is 37.8 Å². The maximum atomic E-state index is 12.9. The molecule has 6 heteroatoms. The largest absolute Gasteiger partial charge is 0.335 e. The topological polar surface area (TPSA) is 56.7 Å². The number of aromatic nitrogens is 3. The molecule has 20 heavy (non-hydrogen) atoms. The Kier molecular flexibility index (Phi) is 5.40. The molecule has 1 aromatic heterocycles. The molecule has 0 saturated carbocycles. The molecule has 108 valence electrons. The van der Waals surface area contributed by atoms with E-state index in [-0.39, 0.29) is 5.82 Å². The van der Waals surface area contributed by atoms with Crippen molar-refractivity contribution in [1.29, 1.82) is 0 Å². The molecular formula is C14H19FN4S. The van der Waals surface area contributed by atoms with Gasteiger partial charge < -0.3 is 5.84 Å². The summed E-state index contributed by atoms with van der Waals surface area (Å²) < 4.78 is 14.4. The van der Waals surface area contributed by atoms with Gasteiger partial charge in [-0.15, -0.1) is 10.2 Å². The van der Waals surface area contributed by atoms with E-state index in [0.717, 1.165) is 17.7 Å². The van der Waals surface area contributed by atoms with Crippen molar-refractivity contribution in [3.05, 3.63) is 30.1 Å². The van der Waals surface area contributed by atoms with Crippen LogP contribution in [0.15, 0.2) is 29.4 Å². The number of thioether (sulfide) groups is 1. The minimum atomic E-state index is -0.276. The number of benzene rings is 1. The van der Waals surface area contributed by atoms with E-state index in [4.69, 9.17) is 5.84 Å². The highest BCUT2D eigenvalue weighted by molar-refractivity contribution is 7.99. The second-order valence-corrected chi connectivity index (χ2v) is 5.65. The maximum absolute atomic E-state index is 12.9. The van der Waals surface area contributed by atoms with Crippen LogP contribution in [-0.4, -0.2) is 20.6 Å². The third-order valence-electron chi connectivity index (χ3n) is 3.00. The molecule has 0 aliphatic rings. The number of hydrogen-bond acceptors (Lipinski definition) is 4. The quantitative estimate of drug-likeness (QED) is 0.482. The number of halogens is 1. The van der Waals surface area contributed by atoms with E-state index in [9.17, 15) is 4.39 Å². The van der Waals surface area contributed by atoms with Crippen molar-refractivity contribution in [1.82, 2.24) is 14.9 Å². The molecule has 0 fully saturated rings. The Bertz CT molecular complexity index is 539. The molecule has 0 radical (unpaired) electrons. The minimum absolute atomic E-state index is 0.276. The molecule has 1 heterocycles. The minimum Gasteiger partial charge on any atom is -0.335 e. The van der Waals surface area contributed by atoms with Gasteiger partial charge in [-0.1, -0.05) is 37.9 Å². The Morgan fingerprint density at radius 1 is 1.15 bits per heavy atom. The Hall–Kier alpha value is -1.56. The molecule has 0 aliphatic carbocycles. The SMILES string of the molecule is CCCCCCSc1nnc(-c2ccc(F)cc2)n1N. The fourth-order valence-corrected chi connectivity index (χ4v) is 2.72. The highest BCUT2D eigenvalue weighted by Crippen LogP contribution is 2.22. The van der Waals surface area contributed by atoms with E-state index < -0.39 is 0 Å². The van der Waals surface area contributed by atoms with Crippen molar-refractivity contribution >= 4 is 11.8 Å². The van der Waals surface area contributed by atoms with Crippen LogP contribution >= 0.6 is 11.8 Å². The summed E-state index contributed by atoms with van der Waals surface area (Å²) in [5, 5.41) is 8.86. The molecule has 2 aromatic rings. The molecule has 4 nitrogen and oxygen atoms in total. The van der Waals surface area contributed by atoms with E-state index >= 15 is 0 Å². The van der Waals surface area contributed by atoms with Gasteiger partial charge in [-0.05, 0) is 30.7 Å². The zero-order valence-corrected chi connectivity index (χ0v) is 12.4. The van der Waals surface area contributed by atoms with Crippen LogP contribution in [0.25, 0.3) is 11.4 Å². The number of nitrogens with zero attached hydrogens (tertiary/aromatic N) is 3. The summed E-state index contributed by atoms with van der Waals surface area (Å²) >= 11 is 1.61. The number of rotatable bonds is 7. The summed E-state index contributed by atoms with van der Waals surface area (Å²) in [5.74, 6) is 7.26. The highest BCUT2D eigenvalue weighted by Gasteiger charge is 2.11. The summed E-state index contributed by atoms with van der Waals surface area (Å²) in [6.45, 7) is 2.19. The van der Waals surface area contributed by atoms with Crippen molar-refractivity contribution in [2.75, 3.05) is 11.6 Å². The van der Waals surface area contributed by atoms with Crippen LogP contribution in [0.3, 0.4) is 0 Å². The average molecular weight is 294 g/mol. The number of hydrogen-bond donors (Lipinski definition) is 1. The molecule has 1 aromatic carbocycles. The fraction of sp³-hybridized carbons (Fsp3) is 0.429. The van der Waals surface area contributed by atoms with E-state index in [1.54, 1.807) is 23.9 Å². The van der Waals surface area contributed by atoms with E-state index in [0.29, 0.717) is 11.0 Å². The first kappa shape index (κ1) is 14.8. The van der Waals surface area contributed by atoms with Gasteiger partial charge in [-0.2, -0.15) is 0 Å². The molecule has 0 spiro atoms. The molecular weight excluding hydrogens is 275 g/mol. The van der Waals surface area contributed by atoms with Crippen molar-refractivity contribution in [3.63, 3.8) is 0 Å². The van der Waals surface area contributed by atoms with Gasteiger partial charge in [0.15, 0.2) is 5.82 Å². The fourth-order valence-electron chi connectivity index (χ4n) is 1.86. The zero-order valence-electron chi connectivity index (χ0n) is 11.6. The van der Waals surface area contributed by atoms with Crippen LogP contribution in [0.5, 0.6) is 0 Å². The van der Waals surface area contributed by atoms with E-state index in [1.807, 2.05) is 0 Å². The van der Waals surface area contributed by atoms with Crippen LogP contribution < -0.4 is 5.84 Å². The van der Waals surface area contributed by atoms with Gasteiger partial charge in [0.05, 0.1) is 0 Å². The standard InChI is InChI=1S/C14H19FN4S/c1-2-3-4-5-10-20-14-18-17-13(19(14)16)11-6-8-12(15)9-7-11/h6-9H,2-5,10,16H2,1H3. The maximum Gasteiger partial charge on any atom is 0.210 e.